The van der Waals surface area contributed by atoms with Gasteiger partial charge in [-0.25, -0.2) is 4.79 Å². The van der Waals surface area contributed by atoms with Gasteiger partial charge in [0.15, 0.2) is 5.11 Å². The first kappa shape index (κ1) is 22.5. The number of carbonyl (C=O) groups is 2. The van der Waals surface area contributed by atoms with Crippen LogP contribution in [0.3, 0.4) is 0 Å². The molecule has 0 spiro atoms. The molecule has 0 radical (unpaired) electrons. The van der Waals surface area contributed by atoms with Gasteiger partial charge in [0.2, 0.25) is 0 Å². The minimum Gasteiger partial charge on any atom is -0.469 e. The van der Waals surface area contributed by atoms with Gasteiger partial charge in [-0.2, -0.15) is 0 Å². The number of pyridine rings is 1. The number of nitrogens with zero attached hydrogens (tertiary/aromatic N) is 3. The lowest BCUT2D eigenvalue weighted by molar-refractivity contribution is -0.140. The number of hydrogen-bond acceptors (Lipinski definition) is 6. The van der Waals surface area contributed by atoms with E-state index in [-0.39, 0.29) is 24.5 Å². The van der Waals surface area contributed by atoms with Crippen molar-refractivity contribution >= 4 is 29.3 Å². The molecule has 1 saturated heterocycles. The maximum absolute atomic E-state index is 12.1. The van der Waals surface area contributed by atoms with Crippen LogP contribution >= 0.6 is 12.2 Å². The maximum atomic E-state index is 12.1. The summed E-state index contributed by atoms with van der Waals surface area (Å²) in [4.78, 5) is 30.5. The van der Waals surface area contributed by atoms with Crippen LogP contribution in [0.4, 0.5) is 0 Å². The Bertz CT molecular complexity index is 1160. The first-order valence-corrected chi connectivity index (χ1v) is 10.8. The second kappa shape index (κ2) is 9.83. The summed E-state index contributed by atoms with van der Waals surface area (Å²) in [7, 11) is 2.73. The first-order chi connectivity index (χ1) is 16.0. The number of thiocarbonyl (C=S) groups is 1. The highest BCUT2D eigenvalue weighted by Gasteiger charge is 2.41. The molecule has 4 rings (SSSR count). The van der Waals surface area contributed by atoms with E-state index in [1.165, 1.54) is 14.2 Å². The molecule has 33 heavy (non-hydrogen) atoms. The second-order valence-corrected chi connectivity index (χ2v) is 7.88. The van der Waals surface area contributed by atoms with Gasteiger partial charge in [-0.05, 0) is 54.7 Å². The molecular weight excluding hydrogens is 440 g/mol. The third kappa shape index (κ3) is 4.58. The predicted octanol–water partition coefficient (Wildman–Crippen LogP) is 3.19. The highest BCUT2D eigenvalue weighted by molar-refractivity contribution is 7.80. The molecule has 0 bridgehead atoms. The van der Waals surface area contributed by atoms with Crippen LogP contribution in [0, 0.1) is 0 Å². The Kier molecular flexibility index (Phi) is 6.69. The van der Waals surface area contributed by atoms with Crippen molar-refractivity contribution in [1.29, 1.82) is 0 Å². The van der Waals surface area contributed by atoms with E-state index >= 15 is 0 Å². The molecule has 0 unspecified atom stereocenters. The normalized spacial score (nSPS) is 17.5. The van der Waals surface area contributed by atoms with Crippen molar-refractivity contribution in [2.45, 2.75) is 18.5 Å². The van der Waals surface area contributed by atoms with Gasteiger partial charge in [0.1, 0.15) is 0 Å². The summed E-state index contributed by atoms with van der Waals surface area (Å²) in [6.45, 7) is 0.389. The minimum atomic E-state index is -0.402. The lowest BCUT2D eigenvalue weighted by Crippen LogP contribution is -2.32. The Hall–Kier alpha value is -3.72. The Balaban J connectivity index is 1.77. The van der Waals surface area contributed by atoms with Gasteiger partial charge < -0.3 is 24.3 Å². The fourth-order valence-corrected chi connectivity index (χ4v) is 4.38. The zero-order valence-electron chi connectivity index (χ0n) is 18.3. The van der Waals surface area contributed by atoms with Crippen LogP contribution in [0.15, 0.2) is 67.0 Å². The lowest BCUT2D eigenvalue weighted by atomic mass is 10.0. The van der Waals surface area contributed by atoms with Crippen LogP contribution in [0.2, 0.25) is 0 Å². The van der Waals surface area contributed by atoms with Gasteiger partial charge in [-0.3, -0.25) is 9.78 Å². The van der Waals surface area contributed by atoms with Crippen molar-refractivity contribution in [3.05, 3.63) is 83.9 Å². The SMILES string of the molecule is COC(=O)CCN1C(=S)N[C@H](c2ccccn2)[C@H]1c1cccn1-c1cccc(C(=O)OC)c1. The highest BCUT2D eigenvalue weighted by Crippen LogP contribution is 2.39. The summed E-state index contributed by atoms with van der Waals surface area (Å²) in [6, 6.07) is 16.4. The van der Waals surface area contributed by atoms with Crippen molar-refractivity contribution in [2.24, 2.45) is 0 Å². The maximum Gasteiger partial charge on any atom is 0.337 e. The van der Waals surface area contributed by atoms with Crippen LogP contribution in [-0.4, -0.2) is 52.3 Å². The monoisotopic (exact) mass is 464 g/mol. The Morgan fingerprint density at radius 1 is 1.09 bits per heavy atom. The van der Waals surface area contributed by atoms with E-state index in [1.54, 1.807) is 18.3 Å². The molecule has 1 fully saturated rings. The van der Waals surface area contributed by atoms with E-state index in [2.05, 4.69) is 10.3 Å². The highest BCUT2D eigenvalue weighted by atomic mass is 32.1. The molecule has 1 N–H and O–H groups in total. The van der Waals surface area contributed by atoms with Crippen LogP contribution in [-0.2, 0) is 14.3 Å². The molecule has 0 amide bonds. The van der Waals surface area contributed by atoms with E-state index in [4.69, 9.17) is 21.7 Å². The van der Waals surface area contributed by atoms with Gasteiger partial charge >= 0.3 is 11.9 Å². The number of nitrogens with one attached hydrogen (secondary N) is 1. The third-order valence-corrected chi connectivity index (χ3v) is 5.96. The third-order valence-electron chi connectivity index (χ3n) is 5.61. The Morgan fingerprint density at radius 2 is 1.94 bits per heavy atom. The number of ether oxygens (including phenoxy) is 2. The zero-order chi connectivity index (χ0) is 23.4. The molecule has 3 heterocycles. The van der Waals surface area contributed by atoms with E-state index in [0.29, 0.717) is 17.2 Å². The average molecular weight is 465 g/mol. The fraction of sp³-hybridized carbons (Fsp3) is 0.250. The van der Waals surface area contributed by atoms with Gasteiger partial charge in [-0.15, -0.1) is 0 Å². The van der Waals surface area contributed by atoms with Crippen molar-refractivity contribution < 1.29 is 19.1 Å². The molecule has 8 nitrogen and oxygen atoms in total. The Labute approximate surface area is 197 Å². The second-order valence-electron chi connectivity index (χ2n) is 7.49. The summed E-state index contributed by atoms with van der Waals surface area (Å²) < 4.78 is 11.7. The lowest BCUT2D eigenvalue weighted by Gasteiger charge is -2.28. The van der Waals surface area contributed by atoms with Crippen molar-refractivity contribution in [2.75, 3.05) is 20.8 Å². The molecule has 1 aliphatic heterocycles. The van der Waals surface area contributed by atoms with Gasteiger partial charge in [0, 0.05) is 30.3 Å². The molecular formula is C24H24N4O4S. The van der Waals surface area contributed by atoms with Crippen molar-refractivity contribution in [1.82, 2.24) is 19.8 Å². The van der Waals surface area contributed by atoms with Crippen molar-refractivity contribution in [3.8, 4) is 5.69 Å². The number of benzene rings is 1. The molecule has 1 aliphatic rings. The topological polar surface area (TPSA) is 85.7 Å². The number of esters is 2. The van der Waals surface area contributed by atoms with Crippen LogP contribution in [0.25, 0.3) is 5.69 Å². The molecule has 0 aliphatic carbocycles. The summed E-state index contributed by atoms with van der Waals surface area (Å²) in [5.74, 6) is -0.709. The number of aromatic nitrogens is 2. The van der Waals surface area contributed by atoms with Crippen molar-refractivity contribution in [3.63, 3.8) is 0 Å². The molecule has 9 heteroatoms. The Morgan fingerprint density at radius 3 is 2.67 bits per heavy atom. The minimum absolute atomic E-state index is 0.197. The standard InChI is InChI=1S/C24H24N4O4S/c1-31-20(29)11-14-28-22(21(26-24(28)33)18-9-3-4-12-25-18)19-10-6-13-27(19)17-8-5-7-16(15-17)23(30)32-2/h3-10,12-13,15,21-22H,11,14H2,1-2H3,(H,26,33)/t21-,22-/m1/s1. The first-order valence-electron chi connectivity index (χ1n) is 10.4. The molecule has 0 saturated carbocycles. The zero-order valence-corrected chi connectivity index (χ0v) is 19.1. The molecule has 2 atom stereocenters. The molecule has 3 aromatic rings. The quantitative estimate of drug-likeness (QED) is 0.422. The molecule has 2 aromatic heterocycles. The van der Waals surface area contributed by atoms with Crippen LogP contribution in [0.1, 0.15) is 40.3 Å². The van der Waals surface area contributed by atoms with E-state index in [9.17, 15) is 9.59 Å². The molecule has 1 aromatic carbocycles. The fourth-order valence-electron chi connectivity index (χ4n) is 4.05. The average Bonchev–Trinajstić information content (AvgIpc) is 3.46. The smallest absolute Gasteiger partial charge is 0.337 e. The van der Waals surface area contributed by atoms with Gasteiger partial charge in [-0.1, -0.05) is 12.1 Å². The number of methoxy groups -OCH3 is 2. The summed E-state index contributed by atoms with van der Waals surface area (Å²) in [5, 5.41) is 3.91. The van der Waals surface area contributed by atoms with E-state index in [0.717, 1.165) is 17.1 Å². The van der Waals surface area contributed by atoms with E-state index < -0.39 is 5.97 Å². The predicted molar refractivity (Wildman–Crippen MR) is 126 cm³/mol. The van der Waals surface area contributed by atoms with E-state index in [1.807, 2.05) is 58.1 Å². The number of carbonyl (C=O) groups excluding carboxylic acids is 2. The summed E-state index contributed by atoms with van der Waals surface area (Å²) in [6.07, 6.45) is 3.87. The van der Waals surface area contributed by atoms with Gasteiger partial charge in [0.05, 0.1) is 44.0 Å². The van der Waals surface area contributed by atoms with Gasteiger partial charge in [0.25, 0.3) is 0 Å². The number of hydrogen-bond donors (Lipinski definition) is 1. The van der Waals surface area contributed by atoms with Crippen LogP contribution < -0.4 is 5.32 Å². The van der Waals surface area contributed by atoms with Crippen LogP contribution in [0.5, 0.6) is 0 Å². The molecule has 170 valence electrons. The number of rotatable bonds is 7. The summed E-state index contributed by atoms with van der Waals surface area (Å²) >= 11 is 5.65. The largest absolute Gasteiger partial charge is 0.469 e. The summed E-state index contributed by atoms with van der Waals surface area (Å²) in [5.41, 5.74) is 3.04.